The second-order valence-electron chi connectivity index (χ2n) is 8.90. The highest BCUT2D eigenvalue weighted by molar-refractivity contribution is 8.11. The molecule has 0 spiro atoms. The van der Waals surface area contributed by atoms with Crippen LogP contribution in [0.2, 0.25) is 0 Å². The molecule has 0 aliphatic heterocycles. The first-order chi connectivity index (χ1) is 18.5. The van der Waals surface area contributed by atoms with E-state index in [1.807, 2.05) is 60.7 Å². The van der Waals surface area contributed by atoms with Gasteiger partial charge in [0.1, 0.15) is 7.57 Å². The Labute approximate surface area is 228 Å². The van der Waals surface area contributed by atoms with Crippen LogP contribution in [0.1, 0.15) is 19.8 Å². The first-order valence-electron chi connectivity index (χ1n) is 12.7. The Kier molecular flexibility index (Phi) is 9.58. The van der Waals surface area contributed by atoms with Crippen LogP contribution in [0.25, 0.3) is 0 Å². The zero-order valence-corrected chi connectivity index (χ0v) is 22.9. The second kappa shape index (κ2) is 12.9. The molecule has 1 aliphatic rings. The van der Waals surface area contributed by atoms with E-state index in [0.717, 1.165) is 17.0 Å². The number of allylic oxidation sites excluding steroid dienone is 1. The third-order valence-corrected chi connectivity index (χ3v) is 12.8. The van der Waals surface area contributed by atoms with Gasteiger partial charge in [-0.15, -0.1) is 0 Å². The summed E-state index contributed by atoms with van der Waals surface area (Å²) >= 11 is 0. The van der Waals surface area contributed by atoms with Crippen molar-refractivity contribution in [1.29, 1.82) is 0 Å². The zero-order valence-electron chi connectivity index (χ0n) is 21.1. The second-order valence-corrected chi connectivity index (χ2v) is 14.1. The Morgan fingerprint density at radius 2 is 1.11 bits per heavy atom. The summed E-state index contributed by atoms with van der Waals surface area (Å²) in [6.45, 7) is 1.93. The summed E-state index contributed by atoms with van der Waals surface area (Å²) in [5.74, 6) is 0. The molecular formula is C32H37BO3P2. The Morgan fingerprint density at radius 3 is 1.50 bits per heavy atom. The summed E-state index contributed by atoms with van der Waals surface area (Å²) in [5.41, 5.74) is -0.123. The van der Waals surface area contributed by atoms with Crippen molar-refractivity contribution in [3.8, 4) is 0 Å². The molecule has 0 amide bonds. The van der Waals surface area contributed by atoms with Gasteiger partial charge in [0.2, 0.25) is 0 Å². The molecule has 0 aromatic heterocycles. The molecule has 3 nitrogen and oxygen atoms in total. The smallest absolute Gasteiger partial charge is 0.153 e. The Hall–Kier alpha value is -2.74. The molecular weight excluding hydrogens is 505 g/mol. The molecule has 5 rings (SSSR count). The lowest BCUT2D eigenvalue weighted by atomic mass is 10.0. The Balaban J connectivity index is 0.00000107. The van der Waals surface area contributed by atoms with Crippen LogP contribution in [-0.2, 0) is 4.57 Å². The fourth-order valence-corrected chi connectivity index (χ4v) is 11.5. The molecule has 0 saturated carbocycles. The van der Waals surface area contributed by atoms with Gasteiger partial charge in [-0.2, -0.15) is 0 Å². The Morgan fingerprint density at radius 1 is 0.737 bits per heavy atom. The molecule has 1 aliphatic carbocycles. The summed E-state index contributed by atoms with van der Waals surface area (Å²) in [6.07, 6.45) is 2.97. The third-order valence-electron chi connectivity index (χ3n) is 6.45. The minimum absolute atomic E-state index is 0.123. The highest BCUT2D eigenvalue weighted by Gasteiger charge is 2.49. The number of hydrogen-bond donors (Lipinski definition) is 2. The van der Waals surface area contributed by atoms with E-state index in [9.17, 15) is 5.11 Å². The van der Waals surface area contributed by atoms with Gasteiger partial charge in [0.05, 0.1) is 22.4 Å². The summed E-state index contributed by atoms with van der Waals surface area (Å²) in [5, 5.41) is 24.3. The van der Waals surface area contributed by atoms with Crippen molar-refractivity contribution in [1.82, 2.24) is 0 Å². The minimum Gasteiger partial charge on any atom is -0.397 e. The van der Waals surface area contributed by atoms with Crippen molar-refractivity contribution in [3.63, 3.8) is 0 Å². The normalized spacial score (nSPS) is 17.6. The van der Waals surface area contributed by atoms with Crippen LogP contribution >= 0.6 is 14.3 Å². The molecule has 38 heavy (non-hydrogen) atoms. The van der Waals surface area contributed by atoms with Gasteiger partial charge >= 0.3 is 0 Å². The van der Waals surface area contributed by atoms with Crippen molar-refractivity contribution in [2.75, 3.05) is 6.61 Å². The molecule has 4 aromatic carbocycles. The van der Waals surface area contributed by atoms with Crippen LogP contribution in [-0.4, -0.2) is 36.1 Å². The fourth-order valence-electron chi connectivity index (χ4n) is 4.87. The van der Waals surface area contributed by atoms with Crippen molar-refractivity contribution >= 4 is 43.1 Å². The van der Waals surface area contributed by atoms with Gasteiger partial charge in [-0.05, 0) is 50.1 Å². The quantitative estimate of drug-likeness (QED) is 0.282. The first kappa shape index (κ1) is 28.3. The van der Waals surface area contributed by atoms with Crippen LogP contribution < -0.4 is 21.2 Å². The van der Waals surface area contributed by atoms with Gasteiger partial charge < -0.3 is 14.8 Å². The van der Waals surface area contributed by atoms with Gasteiger partial charge in [0.15, 0.2) is 7.14 Å². The molecule has 0 saturated heterocycles. The maximum Gasteiger partial charge on any atom is 0.153 e. The Bertz CT molecular complexity index is 1280. The van der Waals surface area contributed by atoms with Gasteiger partial charge in [-0.25, -0.2) is 0 Å². The molecule has 196 valence electrons. The van der Waals surface area contributed by atoms with E-state index in [2.05, 4.69) is 66.7 Å². The number of benzene rings is 4. The average Bonchev–Trinajstić information content (AvgIpc) is 2.98. The summed E-state index contributed by atoms with van der Waals surface area (Å²) < 4.78 is 15.5. The van der Waals surface area contributed by atoms with Crippen molar-refractivity contribution in [2.24, 2.45) is 0 Å². The van der Waals surface area contributed by atoms with Crippen molar-refractivity contribution < 1.29 is 14.8 Å². The van der Waals surface area contributed by atoms with E-state index in [1.165, 1.54) is 15.9 Å². The van der Waals surface area contributed by atoms with E-state index < -0.39 is 20.4 Å². The predicted octanol–water partition coefficient (Wildman–Crippen LogP) is 4.36. The lowest BCUT2D eigenvalue weighted by Crippen LogP contribution is -2.36. The lowest BCUT2D eigenvalue weighted by Gasteiger charge is -2.42. The maximum atomic E-state index is 15.5. The largest absolute Gasteiger partial charge is 0.397 e. The van der Waals surface area contributed by atoms with Gasteiger partial charge in [0.25, 0.3) is 0 Å². The maximum absolute atomic E-state index is 15.5. The molecule has 6 heteroatoms. The van der Waals surface area contributed by atoms with E-state index in [4.69, 9.17) is 5.11 Å². The topological polar surface area (TPSA) is 57.5 Å². The fraction of sp³-hybridized carbons (Fsp3) is 0.188. The highest BCUT2D eigenvalue weighted by Crippen LogP contribution is 2.68. The number of rotatable bonds is 6. The highest BCUT2D eigenvalue weighted by atomic mass is 31.2. The van der Waals surface area contributed by atoms with Crippen LogP contribution in [0.3, 0.4) is 0 Å². The van der Waals surface area contributed by atoms with E-state index in [0.29, 0.717) is 6.42 Å². The third kappa shape index (κ3) is 5.65. The van der Waals surface area contributed by atoms with Gasteiger partial charge in [0, 0.05) is 22.5 Å². The molecule has 0 fully saturated rings. The summed E-state index contributed by atoms with van der Waals surface area (Å²) in [4.78, 5) is 0. The molecule has 0 heterocycles. The molecule has 0 bridgehead atoms. The van der Waals surface area contributed by atoms with Gasteiger partial charge in [-0.1, -0.05) is 104 Å². The molecule has 4 aromatic rings. The molecule has 0 radical (unpaired) electrons. The SMILES string of the molecule is CCO.[BH3-][P+](C1=C[C@@H](O)CC[C@H]1P(=O)(c1ccccc1)c1ccccc1)(c1ccccc1)c1ccccc1. The number of aliphatic hydroxyl groups excluding tert-OH is 2. The monoisotopic (exact) mass is 542 g/mol. The first-order valence-corrected chi connectivity index (χ1v) is 15.8. The van der Waals surface area contributed by atoms with Crippen LogP contribution in [0.5, 0.6) is 0 Å². The van der Waals surface area contributed by atoms with E-state index in [1.54, 1.807) is 6.92 Å². The summed E-state index contributed by atoms with van der Waals surface area (Å²) in [7, 11) is -5.21. The molecule has 0 unspecified atom stereocenters. The van der Waals surface area contributed by atoms with Crippen LogP contribution in [0.15, 0.2) is 133 Å². The predicted molar refractivity (Wildman–Crippen MR) is 169 cm³/mol. The van der Waals surface area contributed by atoms with Crippen molar-refractivity contribution in [3.05, 3.63) is 133 Å². The number of aliphatic hydroxyl groups is 2. The van der Waals surface area contributed by atoms with Crippen LogP contribution in [0, 0.1) is 0 Å². The van der Waals surface area contributed by atoms with Gasteiger partial charge in [-0.3, -0.25) is 0 Å². The lowest BCUT2D eigenvalue weighted by molar-refractivity contribution is 0.204. The molecule has 2 N–H and O–H groups in total. The minimum atomic E-state index is -3.03. The van der Waals surface area contributed by atoms with Crippen LogP contribution in [0.4, 0.5) is 0 Å². The van der Waals surface area contributed by atoms with E-state index in [-0.39, 0.29) is 19.8 Å². The van der Waals surface area contributed by atoms with Crippen molar-refractivity contribution in [2.45, 2.75) is 31.5 Å². The summed E-state index contributed by atoms with van der Waals surface area (Å²) in [6, 6.07) is 41.7. The van der Waals surface area contributed by atoms with E-state index >= 15 is 4.57 Å². The molecule has 2 atom stereocenters. The standard InChI is InChI=1S/C30H31BO2P2.C2H6O/c31-34(25-13-5-1-6-14-25,26-15-7-2-8-16-26)30-23-24(32)21-22-29(30)35(33,27-17-9-3-10-18-27)28-19-11-4-12-20-28;1-2-3/h1-20,23-24,29,32H,21-22H2,31H3;3H,2H2,1H3/t24-,29+;/m0./s1. The number of hydrogen-bond acceptors (Lipinski definition) is 3. The average molecular weight is 542 g/mol. The zero-order chi connectivity index (χ0) is 27.0.